The molecule has 2 unspecified atom stereocenters. The summed E-state index contributed by atoms with van der Waals surface area (Å²) in [5.41, 5.74) is 0. The zero-order chi connectivity index (χ0) is 9.68. The molecule has 1 aliphatic heterocycles. The third-order valence-corrected chi connectivity index (χ3v) is 2.20. The van der Waals surface area contributed by atoms with Crippen LogP contribution in [-0.4, -0.2) is 37.0 Å². The Morgan fingerprint density at radius 3 is 3.00 bits per heavy atom. The molecular formula is C9H16O4. The van der Waals surface area contributed by atoms with E-state index in [4.69, 9.17) is 14.6 Å². The van der Waals surface area contributed by atoms with Crippen LogP contribution in [0.4, 0.5) is 0 Å². The predicted molar refractivity (Wildman–Crippen MR) is 46.6 cm³/mol. The van der Waals surface area contributed by atoms with Crippen LogP contribution in [0.15, 0.2) is 0 Å². The third kappa shape index (κ3) is 3.32. The van der Waals surface area contributed by atoms with Crippen molar-refractivity contribution in [1.82, 2.24) is 0 Å². The summed E-state index contributed by atoms with van der Waals surface area (Å²) in [5, 5.41) is 8.69. The Balaban J connectivity index is 2.18. The number of rotatable bonds is 5. The monoisotopic (exact) mass is 188 g/mol. The van der Waals surface area contributed by atoms with Crippen LogP contribution in [0.2, 0.25) is 0 Å². The van der Waals surface area contributed by atoms with Gasteiger partial charge in [-0.05, 0) is 12.8 Å². The Morgan fingerprint density at radius 1 is 1.77 bits per heavy atom. The summed E-state index contributed by atoms with van der Waals surface area (Å²) in [6.07, 6.45) is 0.847. The SMILES string of the molecule is CCC(OCC1CCOC1)C(=O)O. The van der Waals surface area contributed by atoms with Gasteiger partial charge in [-0.15, -0.1) is 0 Å². The zero-order valence-corrected chi connectivity index (χ0v) is 7.86. The lowest BCUT2D eigenvalue weighted by atomic mass is 10.1. The second kappa shape index (κ2) is 5.19. The van der Waals surface area contributed by atoms with Gasteiger partial charge < -0.3 is 14.6 Å². The van der Waals surface area contributed by atoms with Crippen molar-refractivity contribution in [2.24, 2.45) is 5.92 Å². The van der Waals surface area contributed by atoms with Crippen LogP contribution in [0.25, 0.3) is 0 Å². The maximum Gasteiger partial charge on any atom is 0.332 e. The molecule has 0 spiro atoms. The van der Waals surface area contributed by atoms with Crippen LogP contribution in [-0.2, 0) is 14.3 Å². The molecule has 4 nitrogen and oxygen atoms in total. The van der Waals surface area contributed by atoms with Crippen molar-refractivity contribution in [2.45, 2.75) is 25.9 Å². The van der Waals surface area contributed by atoms with Crippen molar-refractivity contribution in [3.05, 3.63) is 0 Å². The minimum Gasteiger partial charge on any atom is -0.479 e. The van der Waals surface area contributed by atoms with Gasteiger partial charge in [0, 0.05) is 12.5 Å². The van der Waals surface area contributed by atoms with Crippen LogP contribution in [0.1, 0.15) is 19.8 Å². The minimum absolute atomic E-state index is 0.383. The molecule has 0 aromatic heterocycles. The zero-order valence-electron chi connectivity index (χ0n) is 7.86. The minimum atomic E-state index is -0.874. The van der Waals surface area contributed by atoms with Gasteiger partial charge in [0.15, 0.2) is 6.10 Å². The molecule has 4 heteroatoms. The number of aliphatic carboxylic acids is 1. The van der Waals surface area contributed by atoms with E-state index in [1.807, 2.05) is 6.92 Å². The Labute approximate surface area is 77.8 Å². The molecule has 13 heavy (non-hydrogen) atoms. The summed E-state index contributed by atoms with van der Waals surface area (Å²) < 4.78 is 10.4. The van der Waals surface area contributed by atoms with E-state index < -0.39 is 12.1 Å². The molecule has 1 N–H and O–H groups in total. The van der Waals surface area contributed by atoms with Gasteiger partial charge in [-0.25, -0.2) is 4.79 Å². The first-order valence-electron chi connectivity index (χ1n) is 4.66. The van der Waals surface area contributed by atoms with Gasteiger partial charge in [-0.2, -0.15) is 0 Å². The van der Waals surface area contributed by atoms with Crippen molar-refractivity contribution in [1.29, 1.82) is 0 Å². The van der Waals surface area contributed by atoms with E-state index in [2.05, 4.69) is 0 Å². The Kier molecular flexibility index (Phi) is 4.18. The quantitative estimate of drug-likeness (QED) is 0.696. The van der Waals surface area contributed by atoms with Crippen LogP contribution in [0.5, 0.6) is 0 Å². The normalized spacial score (nSPS) is 24.5. The van der Waals surface area contributed by atoms with E-state index in [0.29, 0.717) is 25.6 Å². The molecule has 1 rings (SSSR count). The molecule has 0 aromatic rings. The van der Waals surface area contributed by atoms with E-state index >= 15 is 0 Å². The highest BCUT2D eigenvalue weighted by atomic mass is 16.5. The molecule has 0 radical (unpaired) electrons. The van der Waals surface area contributed by atoms with Gasteiger partial charge in [-0.1, -0.05) is 6.92 Å². The lowest BCUT2D eigenvalue weighted by molar-refractivity contribution is -0.151. The molecule has 1 heterocycles. The van der Waals surface area contributed by atoms with Crippen LogP contribution >= 0.6 is 0 Å². The smallest absolute Gasteiger partial charge is 0.332 e. The second-order valence-corrected chi connectivity index (χ2v) is 3.30. The highest BCUT2D eigenvalue weighted by Crippen LogP contribution is 2.13. The van der Waals surface area contributed by atoms with E-state index in [1.165, 1.54) is 0 Å². The first-order chi connectivity index (χ1) is 6.24. The Bertz CT molecular complexity index is 163. The lowest BCUT2D eigenvalue weighted by Gasteiger charge is -2.13. The molecule has 1 saturated heterocycles. The van der Waals surface area contributed by atoms with E-state index in [-0.39, 0.29) is 0 Å². The maximum atomic E-state index is 10.6. The Hall–Kier alpha value is -0.610. The number of ether oxygens (including phenoxy) is 2. The molecule has 1 aliphatic rings. The first-order valence-corrected chi connectivity index (χ1v) is 4.66. The van der Waals surface area contributed by atoms with Crippen molar-refractivity contribution < 1.29 is 19.4 Å². The van der Waals surface area contributed by atoms with Gasteiger partial charge in [-0.3, -0.25) is 0 Å². The summed E-state index contributed by atoms with van der Waals surface area (Å²) >= 11 is 0. The predicted octanol–water partition coefficient (Wildman–Crippen LogP) is 0.903. The van der Waals surface area contributed by atoms with Gasteiger partial charge >= 0.3 is 5.97 Å². The topological polar surface area (TPSA) is 55.8 Å². The fourth-order valence-electron chi connectivity index (χ4n) is 1.33. The molecule has 0 aromatic carbocycles. The van der Waals surface area contributed by atoms with Gasteiger partial charge in [0.05, 0.1) is 13.2 Å². The summed E-state index contributed by atoms with van der Waals surface area (Å²) in [6, 6.07) is 0. The van der Waals surface area contributed by atoms with Gasteiger partial charge in [0.1, 0.15) is 0 Å². The number of carbonyl (C=O) groups is 1. The van der Waals surface area contributed by atoms with E-state index in [0.717, 1.165) is 13.0 Å². The average molecular weight is 188 g/mol. The standard InChI is InChI=1S/C9H16O4/c1-2-8(9(10)11)13-6-7-3-4-12-5-7/h7-8H,2-6H2,1H3,(H,10,11). The molecule has 1 fully saturated rings. The van der Waals surface area contributed by atoms with E-state index in [1.54, 1.807) is 0 Å². The highest BCUT2D eigenvalue weighted by molar-refractivity contribution is 5.72. The summed E-state index contributed by atoms with van der Waals surface area (Å²) in [7, 11) is 0. The molecule has 2 atom stereocenters. The maximum absolute atomic E-state index is 10.6. The first kappa shape index (κ1) is 10.5. The number of carboxylic acids is 1. The molecule has 0 saturated carbocycles. The fourth-order valence-corrected chi connectivity index (χ4v) is 1.33. The van der Waals surface area contributed by atoms with Crippen LogP contribution in [0, 0.1) is 5.92 Å². The summed E-state index contributed by atoms with van der Waals surface area (Å²) in [4.78, 5) is 10.6. The molecule has 0 bridgehead atoms. The molecule has 0 amide bonds. The molecule has 0 aliphatic carbocycles. The van der Waals surface area contributed by atoms with Crippen molar-refractivity contribution in [3.63, 3.8) is 0 Å². The second-order valence-electron chi connectivity index (χ2n) is 3.30. The van der Waals surface area contributed by atoms with Crippen LogP contribution < -0.4 is 0 Å². The van der Waals surface area contributed by atoms with Crippen LogP contribution in [0.3, 0.4) is 0 Å². The Morgan fingerprint density at radius 2 is 2.54 bits per heavy atom. The lowest BCUT2D eigenvalue weighted by Crippen LogP contribution is -2.25. The number of hydrogen-bond donors (Lipinski definition) is 1. The van der Waals surface area contributed by atoms with Crippen molar-refractivity contribution in [2.75, 3.05) is 19.8 Å². The number of carboxylic acid groups (broad SMARTS) is 1. The third-order valence-electron chi connectivity index (χ3n) is 2.20. The molecule has 76 valence electrons. The summed E-state index contributed by atoms with van der Waals surface area (Å²) in [6.45, 7) is 3.79. The fraction of sp³-hybridized carbons (Fsp3) is 0.889. The van der Waals surface area contributed by atoms with Crippen molar-refractivity contribution >= 4 is 5.97 Å². The van der Waals surface area contributed by atoms with Crippen molar-refractivity contribution in [3.8, 4) is 0 Å². The van der Waals surface area contributed by atoms with Gasteiger partial charge in [0.2, 0.25) is 0 Å². The largest absolute Gasteiger partial charge is 0.479 e. The average Bonchev–Trinajstić information content (AvgIpc) is 2.57. The molecular weight excluding hydrogens is 172 g/mol. The van der Waals surface area contributed by atoms with Gasteiger partial charge in [0.25, 0.3) is 0 Å². The highest BCUT2D eigenvalue weighted by Gasteiger charge is 2.20. The summed E-state index contributed by atoms with van der Waals surface area (Å²) in [5.74, 6) is -0.491. The van der Waals surface area contributed by atoms with E-state index in [9.17, 15) is 4.79 Å². The number of hydrogen-bond acceptors (Lipinski definition) is 3.